The van der Waals surface area contributed by atoms with E-state index in [0.717, 1.165) is 22.5 Å². The molecule has 19 heavy (non-hydrogen) atoms. The summed E-state index contributed by atoms with van der Waals surface area (Å²) in [5.74, 6) is 2.40. The molecule has 0 unspecified atom stereocenters. The number of hydrogen-bond donors (Lipinski definition) is 3. The van der Waals surface area contributed by atoms with Gasteiger partial charge in [0, 0.05) is 11.3 Å². The Morgan fingerprint density at radius 2 is 2.16 bits per heavy atom. The zero-order valence-corrected chi connectivity index (χ0v) is 11.3. The highest BCUT2D eigenvalue weighted by atomic mass is 32.2. The summed E-state index contributed by atoms with van der Waals surface area (Å²) in [7, 11) is 0. The molecular formula is C12H15N5OS. The molecule has 0 fully saturated rings. The molecule has 0 aliphatic rings. The predicted molar refractivity (Wildman–Crippen MR) is 74.8 cm³/mol. The first-order chi connectivity index (χ1) is 9.15. The van der Waals surface area contributed by atoms with Crippen molar-refractivity contribution in [2.24, 2.45) is 5.73 Å². The van der Waals surface area contributed by atoms with Gasteiger partial charge in [0.1, 0.15) is 17.4 Å². The Kier molecular flexibility index (Phi) is 4.40. The average molecular weight is 277 g/mol. The Labute approximate surface area is 115 Å². The molecule has 100 valence electrons. The summed E-state index contributed by atoms with van der Waals surface area (Å²) in [6.45, 7) is 2.43. The van der Waals surface area contributed by atoms with E-state index >= 15 is 0 Å². The van der Waals surface area contributed by atoms with Gasteiger partial charge in [-0.05, 0) is 31.2 Å². The molecule has 0 saturated heterocycles. The highest BCUT2D eigenvalue weighted by Crippen LogP contribution is 2.14. The Balaban J connectivity index is 1.75. The van der Waals surface area contributed by atoms with Crippen LogP contribution in [0.4, 0.5) is 0 Å². The third-order valence-corrected chi connectivity index (χ3v) is 3.14. The van der Waals surface area contributed by atoms with Gasteiger partial charge in [-0.25, -0.2) is 4.98 Å². The number of rotatable bonds is 6. The maximum Gasteiger partial charge on any atom is 0.208 e. The van der Waals surface area contributed by atoms with Gasteiger partial charge in [-0.1, -0.05) is 11.8 Å². The minimum absolute atomic E-state index is 0.0575. The van der Waals surface area contributed by atoms with E-state index in [9.17, 15) is 0 Å². The van der Waals surface area contributed by atoms with Crippen molar-refractivity contribution in [3.05, 3.63) is 35.7 Å². The van der Waals surface area contributed by atoms with Crippen LogP contribution in [0.5, 0.6) is 5.75 Å². The number of hydrogen-bond acceptors (Lipinski definition) is 5. The largest absolute Gasteiger partial charge is 0.493 e. The number of thioether (sulfide) groups is 1. The van der Waals surface area contributed by atoms with Crippen molar-refractivity contribution >= 4 is 17.6 Å². The van der Waals surface area contributed by atoms with Gasteiger partial charge in [0.25, 0.3) is 0 Å². The summed E-state index contributed by atoms with van der Waals surface area (Å²) in [5, 5.41) is 14.8. The first-order valence-corrected chi connectivity index (χ1v) is 6.73. The lowest BCUT2D eigenvalue weighted by atomic mass is 10.2. The van der Waals surface area contributed by atoms with Crippen molar-refractivity contribution in [1.82, 2.24) is 15.2 Å². The first kappa shape index (κ1) is 13.4. The lowest BCUT2D eigenvalue weighted by molar-refractivity contribution is 0.344. The highest BCUT2D eigenvalue weighted by Gasteiger charge is 2.01. The molecule has 2 rings (SSSR count). The van der Waals surface area contributed by atoms with Crippen molar-refractivity contribution < 1.29 is 4.74 Å². The fourth-order valence-corrected chi connectivity index (χ4v) is 2.07. The van der Waals surface area contributed by atoms with Gasteiger partial charge in [-0.2, -0.15) is 0 Å². The van der Waals surface area contributed by atoms with E-state index in [4.69, 9.17) is 15.9 Å². The normalized spacial score (nSPS) is 10.4. The standard InChI is InChI=1S/C12H15N5OS/c1-8-15-12(17-16-8)19-7-6-18-10-4-2-9(3-5-10)11(13)14/h2-5H,6-7H2,1H3,(H3,13,14)(H,15,16,17). The number of H-pyrrole nitrogens is 1. The topological polar surface area (TPSA) is 101 Å². The molecule has 0 saturated carbocycles. The Hall–Kier alpha value is -2.02. The van der Waals surface area contributed by atoms with E-state index in [1.54, 1.807) is 24.3 Å². The maximum absolute atomic E-state index is 7.29. The van der Waals surface area contributed by atoms with Crippen LogP contribution in [0, 0.1) is 12.3 Å². The number of nitrogens with zero attached hydrogens (tertiary/aromatic N) is 2. The Morgan fingerprint density at radius 1 is 1.42 bits per heavy atom. The third kappa shape index (κ3) is 3.99. The minimum Gasteiger partial charge on any atom is -0.493 e. The fraction of sp³-hybridized carbons (Fsp3) is 0.250. The van der Waals surface area contributed by atoms with Gasteiger partial charge in [0.05, 0.1) is 6.61 Å². The molecule has 0 spiro atoms. The van der Waals surface area contributed by atoms with E-state index in [0.29, 0.717) is 12.2 Å². The molecule has 1 aromatic carbocycles. The minimum atomic E-state index is 0.0575. The maximum atomic E-state index is 7.29. The molecule has 0 aliphatic heterocycles. The van der Waals surface area contributed by atoms with Gasteiger partial charge in [0.15, 0.2) is 0 Å². The molecule has 1 aromatic heterocycles. The number of nitrogen functional groups attached to an aromatic ring is 1. The molecule has 0 atom stereocenters. The molecule has 4 N–H and O–H groups in total. The number of amidine groups is 1. The van der Waals surface area contributed by atoms with E-state index < -0.39 is 0 Å². The van der Waals surface area contributed by atoms with Crippen LogP contribution in [-0.4, -0.2) is 33.4 Å². The van der Waals surface area contributed by atoms with Gasteiger partial charge in [0.2, 0.25) is 5.16 Å². The van der Waals surface area contributed by atoms with Crippen LogP contribution in [0.15, 0.2) is 29.4 Å². The number of aromatic amines is 1. The van der Waals surface area contributed by atoms with E-state index in [-0.39, 0.29) is 5.84 Å². The Morgan fingerprint density at radius 3 is 2.74 bits per heavy atom. The molecule has 0 bridgehead atoms. The SMILES string of the molecule is Cc1nc(SCCOc2ccc(C(=N)N)cc2)n[nH]1. The zero-order valence-electron chi connectivity index (χ0n) is 10.5. The summed E-state index contributed by atoms with van der Waals surface area (Å²) >= 11 is 1.54. The van der Waals surface area contributed by atoms with Crippen LogP contribution >= 0.6 is 11.8 Å². The van der Waals surface area contributed by atoms with Crippen LogP contribution in [-0.2, 0) is 0 Å². The van der Waals surface area contributed by atoms with E-state index in [2.05, 4.69) is 15.2 Å². The summed E-state index contributed by atoms with van der Waals surface area (Å²) < 4.78 is 5.57. The second-order valence-electron chi connectivity index (χ2n) is 3.84. The molecule has 7 heteroatoms. The number of nitrogens with one attached hydrogen (secondary N) is 2. The number of nitrogens with two attached hydrogens (primary N) is 1. The van der Waals surface area contributed by atoms with Crippen molar-refractivity contribution in [3.8, 4) is 5.75 Å². The number of ether oxygens (including phenoxy) is 1. The molecule has 0 aliphatic carbocycles. The highest BCUT2D eigenvalue weighted by molar-refractivity contribution is 7.99. The summed E-state index contributed by atoms with van der Waals surface area (Å²) in [4.78, 5) is 4.19. The Bertz CT molecular complexity index is 552. The smallest absolute Gasteiger partial charge is 0.208 e. The number of aryl methyl sites for hydroxylation is 1. The second kappa shape index (κ2) is 6.24. The summed E-state index contributed by atoms with van der Waals surface area (Å²) in [6.07, 6.45) is 0. The van der Waals surface area contributed by atoms with Crippen LogP contribution in [0.1, 0.15) is 11.4 Å². The van der Waals surface area contributed by atoms with Crippen LogP contribution in [0.25, 0.3) is 0 Å². The van der Waals surface area contributed by atoms with Crippen LogP contribution < -0.4 is 10.5 Å². The van der Waals surface area contributed by atoms with Crippen molar-refractivity contribution in [3.63, 3.8) is 0 Å². The van der Waals surface area contributed by atoms with Crippen LogP contribution in [0.2, 0.25) is 0 Å². The van der Waals surface area contributed by atoms with Gasteiger partial charge in [-0.3, -0.25) is 10.5 Å². The summed E-state index contributed by atoms with van der Waals surface area (Å²) in [5.41, 5.74) is 6.07. The molecule has 2 aromatic rings. The second-order valence-corrected chi connectivity index (χ2v) is 4.90. The monoisotopic (exact) mass is 277 g/mol. The number of benzene rings is 1. The molecule has 1 heterocycles. The quantitative estimate of drug-likeness (QED) is 0.322. The average Bonchev–Trinajstić information content (AvgIpc) is 2.81. The third-order valence-electron chi connectivity index (χ3n) is 2.33. The fourth-order valence-electron chi connectivity index (χ4n) is 1.41. The van der Waals surface area contributed by atoms with Crippen molar-refractivity contribution in [2.75, 3.05) is 12.4 Å². The lowest BCUT2D eigenvalue weighted by Crippen LogP contribution is -2.10. The molecule has 0 radical (unpaired) electrons. The van der Waals surface area contributed by atoms with Gasteiger partial charge >= 0.3 is 0 Å². The van der Waals surface area contributed by atoms with Crippen molar-refractivity contribution in [2.45, 2.75) is 12.1 Å². The van der Waals surface area contributed by atoms with E-state index in [1.165, 1.54) is 11.8 Å². The molecule has 6 nitrogen and oxygen atoms in total. The number of aromatic nitrogens is 3. The van der Waals surface area contributed by atoms with Gasteiger partial charge < -0.3 is 10.5 Å². The van der Waals surface area contributed by atoms with E-state index in [1.807, 2.05) is 6.92 Å². The molecular weight excluding hydrogens is 262 g/mol. The zero-order chi connectivity index (χ0) is 13.7. The van der Waals surface area contributed by atoms with Gasteiger partial charge in [-0.15, -0.1) is 5.10 Å². The summed E-state index contributed by atoms with van der Waals surface area (Å²) in [6, 6.07) is 7.14. The first-order valence-electron chi connectivity index (χ1n) is 5.74. The lowest BCUT2D eigenvalue weighted by Gasteiger charge is -2.05. The predicted octanol–water partition coefficient (Wildman–Crippen LogP) is 1.57. The molecule has 0 amide bonds. The van der Waals surface area contributed by atoms with Crippen LogP contribution in [0.3, 0.4) is 0 Å². The van der Waals surface area contributed by atoms with Crippen molar-refractivity contribution in [1.29, 1.82) is 5.41 Å².